The van der Waals surface area contributed by atoms with Crippen LogP contribution in [-0.4, -0.2) is 17.2 Å². The summed E-state index contributed by atoms with van der Waals surface area (Å²) < 4.78 is 1.18. The standard InChI is InChI=1S/C5H12ClNO/c1-5(2,3)8-7(4)6/h1-4H3. The van der Waals surface area contributed by atoms with Gasteiger partial charge in [-0.3, -0.25) is 4.84 Å². The van der Waals surface area contributed by atoms with Crippen molar-refractivity contribution in [2.24, 2.45) is 0 Å². The van der Waals surface area contributed by atoms with Crippen LogP contribution in [0.25, 0.3) is 0 Å². The van der Waals surface area contributed by atoms with Crippen molar-refractivity contribution in [2.45, 2.75) is 26.4 Å². The van der Waals surface area contributed by atoms with Crippen LogP contribution in [0.15, 0.2) is 0 Å². The van der Waals surface area contributed by atoms with Gasteiger partial charge in [0.1, 0.15) is 0 Å². The molecule has 0 saturated carbocycles. The van der Waals surface area contributed by atoms with Crippen molar-refractivity contribution in [3.05, 3.63) is 0 Å². The predicted molar refractivity (Wildman–Crippen MR) is 34.5 cm³/mol. The van der Waals surface area contributed by atoms with Gasteiger partial charge in [0.15, 0.2) is 0 Å². The van der Waals surface area contributed by atoms with Crippen LogP contribution in [0.4, 0.5) is 0 Å². The van der Waals surface area contributed by atoms with Crippen LogP contribution in [0.5, 0.6) is 0 Å². The predicted octanol–water partition coefficient (Wildman–Crippen LogP) is 1.80. The molecule has 2 nitrogen and oxygen atoms in total. The highest BCUT2D eigenvalue weighted by atomic mass is 35.5. The van der Waals surface area contributed by atoms with E-state index in [0.717, 1.165) is 0 Å². The summed E-state index contributed by atoms with van der Waals surface area (Å²) >= 11 is 5.37. The summed E-state index contributed by atoms with van der Waals surface area (Å²) in [4.78, 5) is 5.04. The van der Waals surface area contributed by atoms with Crippen molar-refractivity contribution in [2.75, 3.05) is 7.05 Å². The van der Waals surface area contributed by atoms with Crippen LogP contribution in [0.3, 0.4) is 0 Å². The van der Waals surface area contributed by atoms with Crippen LogP contribution in [-0.2, 0) is 4.84 Å². The van der Waals surface area contributed by atoms with Crippen LogP contribution >= 0.6 is 11.8 Å². The molecule has 0 aliphatic heterocycles. The summed E-state index contributed by atoms with van der Waals surface area (Å²) in [6.45, 7) is 5.81. The molecule has 0 radical (unpaired) electrons. The number of nitrogens with zero attached hydrogens (tertiary/aromatic N) is 1. The largest absolute Gasteiger partial charge is 0.278 e. The van der Waals surface area contributed by atoms with E-state index in [9.17, 15) is 0 Å². The Balaban J connectivity index is 3.39. The number of rotatable bonds is 1. The molecule has 0 fully saturated rings. The van der Waals surface area contributed by atoms with Crippen molar-refractivity contribution >= 4 is 11.8 Å². The van der Waals surface area contributed by atoms with E-state index in [1.165, 1.54) is 4.58 Å². The molecule has 50 valence electrons. The van der Waals surface area contributed by atoms with Gasteiger partial charge in [0.2, 0.25) is 0 Å². The van der Waals surface area contributed by atoms with Gasteiger partial charge in [-0.15, -0.1) is 4.58 Å². The Morgan fingerprint density at radius 1 is 1.38 bits per heavy atom. The van der Waals surface area contributed by atoms with E-state index < -0.39 is 0 Å². The fraction of sp³-hybridized carbons (Fsp3) is 1.00. The van der Waals surface area contributed by atoms with E-state index >= 15 is 0 Å². The highest BCUT2D eigenvalue weighted by Gasteiger charge is 2.11. The van der Waals surface area contributed by atoms with Gasteiger partial charge in [0.25, 0.3) is 0 Å². The average molecular weight is 138 g/mol. The van der Waals surface area contributed by atoms with E-state index in [1.807, 2.05) is 20.8 Å². The van der Waals surface area contributed by atoms with Gasteiger partial charge in [-0.2, -0.15) is 0 Å². The highest BCUT2D eigenvalue weighted by Crippen LogP contribution is 2.09. The number of hydrogen-bond acceptors (Lipinski definition) is 2. The van der Waals surface area contributed by atoms with E-state index in [2.05, 4.69) is 0 Å². The van der Waals surface area contributed by atoms with Crippen molar-refractivity contribution in [3.63, 3.8) is 0 Å². The SMILES string of the molecule is CN(Cl)OC(C)(C)C. The minimum Gasteiger partial charge on any atom is -0.278 e. The van der Waals surface area contributed by atoms with E-state index in [0.29, 0.717) is 0 Å². The monoisotopic (exact) mass is 137 g/mol. The third kappa shape index (κ3) is 6.21. The number of halogens is 1. The zero-order valence-corrected chi connectivity index (χ0v) is 6.49. The summed E-state index contributed by atoms with van der Waals surface area (Å²) in [5, 5.41) is 0. The second-order valence-corrected chi connectivity index (χ2v) is 3.10. The third-order valence-electron chi connectivity index (χ3n) is 0.400. The molecular weight excluding hydrogens is 126 g/mol. The Morgan fingerprint density at radius 2 is 1.75 bits per heavy atom. The lowest BCUT2D eigenvalue weighted by Gasteiger charge is -2.21. The van der Waals surface area contributed by atoms with Crippen LogP contribution < -0.4 is 0 Å². The van der Waals surface area contributed by atoms with Gasteiger partial charge in [-0.05, 0) is 20.8 Å². The first-order valence-electron chi connectivity index (χ1n) is 2.50. The van der Waals surface area contributed by atoms with Crippen LogP contribution in [0.1, 0.15) is 20.8 Å². The number of hydrogen-bond donors (Lipinski definition) is 0. The average Bonchev–Trinajstić information content (AvgIpc) is 1.21. The first-order valence-corrected chi connectivity index (χ1v) is 2.84. The summed E-state index contributed by atoms with van der Waals surface area (Å²) in [5.41, 5.74) is -0.184. The Morgan fingerprint density at radius 3 is 1.75 bits per heavy atom. The van der Waals surface area contributed by atoms with E-state index in [-0.39, 0.29) is 5.60 Å². The Bertz CT molecular complexity index is 67.3. The minimum absolute atomic E-state index is 0.184. The summed E-state index contributed by atoms with van der Waals surface area (Å²) in [5.74, 6) is 0. The molecule has 0 aliphatic rings. The summed E-state index contributed by atoms with van der Waals surface area (Å²) in [6, 6.07) is 0. The normalized spacial score (nSPS) is 12.8. The van der Waals surface area contributed by atoms with Gasteiger partial charge in [-0.25, -0.2) is 0 Å². The molecule has 0 spiro atoms. The second-order valence-electron chi connectivity index (χ2n) is 2.62. The van der Waals surface area contributed by atoms with Gasteiger partial charge >= 0.3 is 0 Å². The molecule has 0 aromatic rings. The molecule has 0 unspecified atom stereocenters. The molecule has 0 bridgehead atoms. The topological polar surface area (TPSA) is 12.5 Å². The molecule has 0 aromatic heterocycles. The maximum atomic E-state index is 5.37. The maximum absolute atomic E-state index is 5.37. The first kappa shape index (κ1) is 8.21. The van der Waals surface area contributed by atoms with Gasteiger partial charge in [0.05, 0.1) is 5.60 Å². The minimum atomic E-state index is -0.184. The molecule has 8 heavy (non-hydrogen) atoms. The first-order chi connectivity index (χ1) is 3.42. The summed E-state index contributed by atoms with van der Waals surface area (Å²) in [7, 11) is 1.65. The molecule has 0 aromatic carbocycles. The zero-order valence-electron chi connectivity index (χ0n) is 5.73. The molecule has 0 aliphatic carbocycles. The lowest BCUT2D eigenvalue weighted by Crippen LogP contribution is -2.25. The Kier molecular flexibility index (Phi) is 2.74. The molecule has 0 rings (SSSR count). The van der Waals surface area contributed by atoms with Gasteiger partial charge in [-0.1, -0.05) is 0 Å². The van der Waals surface area contributed by atoms with Gasteiger partial charge in [0, 0.05) is 18.8 Å². The zero-order chi connectivity index (χ0) is 6.78. The molecule has 0 heterocycles. The maximum Gasteiger partial charge on any atom is 0.0831 e. The molecule has 0 N–H and O–H groups in total. The van der Waals surface area contributed by atoms with Crippen molar-refractivity contribution in [3.8, 4) is 0 Å². The van der Waals surface area contributed by atoms with Crippen molar-refractivity contribution < 1.29 is 4.84 Å². The lowest BCUT2D eigenvalue weighted by atomic mass is 10.2. The molecular formula is C5H12ClNO. The molecule has 0 amide bonds. The van der Waals surface area contributed by atoms with E-state index in [4.69, 9.17) is 16.6 Å². The second kappa shape index (κ2) is 2.67. The quantitative estimate of drug-likeness (QED) is 0.404. The van der Waals surface area contributed by atoms with Crippen molar-refractivity contribution in [1.29, 1.82) is 0 Å². The summed E-state index contributed by atoms with van der Waals surface area (Å²) in [6.07, 6.45) is 0. The Labute approximate surface area is 55.4 Å². The number of hydroxylamine groups is 1. The fourth-order valence-corrected chi connectivity index (χ4v) is 0.584. The molecule has 3 heteroatoms. The molecule has 0 atom stereocenters. The van der Waals surface area contributed by atoms with Crippen molar-refractivity contribution in [1.82, 2.24) is 4.58 Å². The Hall–Kier alpha value is 0.210. The van der Waals surface area contributed by atoms with Crippen LogP contribution in [0, 0.1) is 0 Å². The smallest absolute Gasteiger partial charge is 0.0831 e. The third-order valence-corrected chi connectivity index (χ3v) is 0.469. The highest BCUT2D eigenvalue weighted by molar-refractivity contribution is 6.12. The van der Waals surface area contributed by atoms with E-state index in [1.54, 1.807) is 7.05 Å². The lowest BCUT2D eigenvalue weighted by molar-refractivity contribution is -0.155. The fourth-order valence-electron chi connectivity index (χ4n) is 0.377. The molecule has 0 saturated heterocycles. The van der Waals surface area contributed by atoms with Crippen LogP contribution in [0.2, 0.25) is 0 Å². The van der Waals surface area contributed by atoms with Gasteiger partial charge < -0.3 is 0 Å².